The molecule has 0 aliphatic carbocycles. The molecule has 34 heavy (non-hydrogen) atoms. The van der Waals surface area contributed by atoms with E-state index in [1.807, 2.05) is 88.4 Å². The van der Waals surface area contributed by atoms with Crippen molar-refractivity contribution in [2.45, 2.75) is 41.0 Å². The Morgan fingerprint density at radius 2 is 1.59 bits per heavy atom. The molecule has 0 fully saturated rings. The molecule has 0 spiro atoms. The SMILES string of the molecule is CCCOc1ccc(C2=C(Nc3cc(C)ccc3C)C(=O)N(c3cccc(C)c3C)C2=O)cc1. The lowest BCUT2D eigenvalue weighted by Crippen LogP contribution is -2.33. The highest BCUT2D eigenvalue weighted by Gasteiger charge is 2.41. The summed E-state index contributed by atoms with van der Waals surface area (Å²) < 4.78 is 5.70. The maximum atomic E-state index is 13.8. The number of imide groups is 1. The van der Waals surface area contributed by atoms with Crippen molar-refractivity contribution >= 4 is 28.8 Å². The van der Waals surface area contributed by atoms with E-state index in [-0.39, 0.29) is 17.5 Å². The number of nitrogens with one attached hydrogen (secondary N) is 1. The normalized spacial score (nSPS) is 13.6. The van der Waals surface area contributed by atoms with Crippen LogP contribution in [0.3, 0.4) is 0 Å². The third-order valence-electron chi connectivity index (χ3n) is 6.17. The van der Waals surface area contributed by atoms with Crippen molar-refractivity contribution in [2.24, 2.45) is 0 Å². The van der Waals surface area contributed by atoms with Crippen LogP contribution in [0.1, 0.15) is 41.2 Å². The summed E-state index contributed by atoms with van der Waals surface area (Å²) in [6.45, 7) is 10.6. The minimum atomic E-state index is -0.360. The van der Waals surface area contributed by atoms with E-state index < -0.39 is 0 Å². The van der Waals surface area contributed by atoms with Crippen LogP contribution in [0.5, 0.6) is 5.75 Å². The van der Waals surface area contributed by atoms with Crippen LogP contribution in [-0.2, 0) is 9.59 Å². The van der Waals surface area contributed by atoms with Gasteiger partial charge in [-0.25, -0.2) is 4.90 Å². The summed E-state index contributed by atoms with van der Waals surface area (Å²) >= 11 is 0. The van der Waals surface area contributed by atoms with E-state index in [4.69, 9.17) is 4.74 Å². The number of carbonyl (C=O) groups excluding carboxylic acids is 2. The predicted octanol–water partition coefficient (Wildman–Crippen LogP) is 6.11. The molecule has 174 valence electrons. The Morgan fingerprint density at radius 1 is 0.853 bits per heavy atom. The zero-order valence-corrected chi connectivity index (χ0v) is 20.4. The molecular weight excluding hydrogens is 424 g/mol. The number of nitrogens with zero attached hydrogens (tertiary/aromatic N) is 1. The number of carbonyl (C=O) groups is 2. The van der Waals surface area contributed by atoms with Crippen molar-refractivity contribution in [1.82, 2.24) is 0 Å². The molecule has 5 nitrogen and oxygen atoms in total. The van der Waals surface area contributed by atoms with Crippen LogP contribution in [0.15, 0.2) is 66.4 Å². The molecule has 3 aromatic carbocycles. The summed E-state index contributed by atoms with van der Waals surface area (Å²) in [5, 5.41) is 3.30. The third kappa shape index (κ3) is 4.34. The van der Waals surface area contributed by atoms with Gasteiger partial charge in [-0.15, -0.1) is 0 Å². The van der Waals surface area contributed by atoms with Crippen LogP contribution in [0.25, 0.3) is 5.57 Å². The fraction of sp³-hybridized carbons (Fsp3) is 0.241. The first-order chi connectivity index (χ1) is 16.3. The molecule has 2 amide bonds. The van der Waals surface area contributed by atoms with E-state index >= 15 is 0 Å². The lowest BCUT2D eigenvalue weighted by atomic mass is 10.0. The highest BCUT2D eigenvalue weighted by atomic mass is 16.5. The van der Waals surface area contributed by atoms with Gasteiger partial charge in [0.2, 0.25) is 0 Å². The average molecular weight is 455 g/mol. The molecule has 1 aliphatic heterocycles. The lowest BCUT2D eigenvalue weighted by molar-refractivity contribution is -0.120. The van der Waals surface area contributed by atoms with Gasteiger partial charge in [0.1, 0.15) is 11.4 Å². The minimum absolute atomic E-state index is 0.279. The van der Waals surface area contributed by atoms with Gasteiger partial charge in [0.25, 0.3) is 11.8 Å². The van der Waals surface area contributed by atoms with Gasteiger partial charge in [-0.1, -0.05) is 43.3 Å². The molecule has 0 atom stereocenters. The summed E-state index contributed by atoms with van der Waals surface area (Å²) in [6.07, 6.45) is 0.911. The quantitative estimate of drug-likeness (QED) is 0.438. The number of hydrogen-bond donors (Lipinski definition) is 1. The van der Waals surface area contributed by atoms with Gasteiger partial charge < -0.3 is 10.1 Å². The summed E-state index contributed by atoms with van der Waals surface area (Å²) in [7, 11) is 0. The smallest absolute Gasteiger partial charge is 0.282 e. The average Bonchev–Trinajstić information content (AvgIpc) is 3.06. The number of ether oxygens (including phenoxy) is 1. The molecule has 5 heteroatoms. The van der Waals surface area contributed by atoms with Gasteiger partial charge in [0.15, 0.2) is 0 Å². The number of aryl methyl sites for hydroxylation is 3. The van der Waals surface area contributed by atoms with Crippen LogP contribution < -0.4 is 15.0 Å². The molecule has 4 rings (SSSR count). The van der Waals surface area contributed by atoms with Gasteiger partial charge in [0.05, 0.1) is 17.9 Å². The Hall–Kier alpha value is -3.86. The lowest BCUT2D eigenvalue weighted by Gasteiger charge is -2.19. The van der Waals surface area contributed by atoms with E-state index in [2.05, 4.69) is 12.2 Å². The topological polar surface area (TPSA) is 58.6 Å². The fourth-order valence-corrected chi connectivity index (χ4v) is 4.05. The Kier molecular flexibility index (Phi) is 6.55. The van der Waals surface area contributed by atoms with Crippen LogP contribution in [0.2, 0.25) is 0 Å². The van der Waals surface area contributed by atoms with Gasteiger partial charge in [0, 0.05) is 5.69 Å². The number of anilines is 2. The molecule has 1 N–H and O–H groups in total. The second-order valence-corrected chi connectivity index (χ2v) is 8.73. The van der Waals surface area contributed by atoms with Crippen LogP contribution in [0.4, 0.5) is 11.4 Å². The molecule has 1 heterocycles. The highest BCUT2D eigenvalue weighted by molar-refractivity contribution is 6.46. The fourth-order valence-electron chi connectivity index (χ4n) is 4.05. The highest BCUT2D eigenvalue weighted by Crippen LogP contribution is 2.36. The van der Waals surface area contributed by atoms with Crippen molar-refractivity contribution in [3.8, 4) is 5.75 Å². The van der Waals surface area contributed by atoms with E-state index in [0.29, 0.717) is 23.4 Å². The van der Waals surface area contributed by atoms with E-state index in [1.54, 1.807) is 0 Å². The molecular formula is C29H30N2O3. The Balaban J connectivity index is 1.82. The van der Waals surface area contributed by atoms with Gasteiger partial charge in [-0.05, 0) is 86.2 Å². The summed E-state index contributed by atoms with van der Waals surface area (Å²) in [4.78, 5) is 28.8. The van der Waals surface area contributed by atoms with Crippen LogP contribution >= 0.6 is 0 Å². The first-order valence-electron chi connectivity index (χ1n) is 11.6. The molecule has 0 radical (unpaired) electrons. The second-order valence-electron chi connectivity index (χ2n) is 8.73. The first-order valence-corrected chi connectivity index (χ1v) is 11.6. The number of amides is 2. The second kappa shape index (κ2) is 9.56. The van der Waals surface area contributed by atoms with E-state index in [0.717, 1.165) is 40.1 Å². The van der Waals surface area contributed by atoms with Crippen LogP contribution in [-0.4, -0.2) is 18.4 Å². The monoisotopic (exact) mass is 454 g/mol. The Morgan fingerprint density at radius 3 is 2.29 bits per heavy atom. The van der Waals surface area contributed by atoms with Gasteiger partial charge in [-0.2, -0.15) is 0 Å². The number of rotatable bonds is 7. The van der Waals surface area contributed by atoms with Gasteiger partial charge >= 0.3 is 0 Å². The van der Waals surface area contributed by atoms with Crippen molar-refractivity contribution in [1.29, 1.82) is 0 Å². The van der Waals surface area contributed by atoms with Gasteiger partial charge in [-0.3, -0.25) is 9.59 Å². The van der Waals surface area contributed by atoms with Crippen molar-refractivity contribution < 1.29 is 14.3 Å². The maximum Gasteiger partial charge on any atom is 0.282 e. The summed E-state index contributed by atoms with van der Waals surface area (Å²) in [6, 6.07) is 19.0. The van der Waals surface area contributed by atoms with Crippen molar-refractivity contribution in [2.75, 3.05) is 16.8 Å². The molecule has 1 aliphatic rings. The van der Waals surface area contributed by atoms with Crippen molar-refractivity contribution in [3.63, 3.8) is 0 Å². The van der Waals surface area contributed by atoms with Crippen LogP contribution in [0, 0.1) is 27.7 Å². The molecule has 0 saturated carbocycles. The molecule has 3 aromatic rings. The Labute approximate surface area is 201 Å². The minimum Gasteiger partial charge on any atom is -0.494 e. The zero-order chi connectivity index (χ0) is 24.4. The maximum absolute atomic E-state index is 13.8. The summed E-state index contributed by atoms with van der Waals surface area (Å²) in [5.41, 5.74) is 6.70. The molecule has 0 bridgehead atoms. The largest absolute Gasteiger partial charge is 0.494 e. The first kappa shape index (κ1) is 23.3. The molecule has 0 aromatic heterocycles. The summed E-state index contributed by atoms with van der Waals surface area (Å²) in [5.74, 6) is 0.0352. The Bertz CT molecular complexity index is 1290. The third-order valence-corrected chi connectivity index (χ3v) is 6.17. The molecule has 0 unspecified atom stereocenters. The predicted molar refractivity (Wildman–Crippen MR) is 137 cm³/mol. The number of benzene rings is 3. The zero-order valence-electron chi connectivity index (χ0n) is 20.4. The van der Waals surface area contributed by atoms with Crippen molar-refractivity contribution in [3.05, 3.63) is 94.2 Å². The van der Waals surface area contributed by atoms with E-state index in [9.17, 15) is 9.59 Å². The standard InChI is InChI=1S/C29H30N2O3/c1-6-16-34-23-14-12-22(13-15-23)26-27(30-24-17-18(2)10-11-20(24)4)29(33)31(28(26)32)25-9-7-8-19(3)21(25)5/h7-15,17,30H,6,16H2,1-5H3. The number of hydrogen-bond acceptors (Lipinski definition) is 4. The van der Waals surface area contributed by atoms with E-state index in [1.165, 1.54) is 4.90 Å². The molecule has 0 saturated heterocycles.